The van der Waals surface area contributed by atoms with Crippen LogP contribution in [0.2, 0.25) is 0 Å². The molecule has 0 bridgehead atoms. The molecule has 0 saturated heterocycles. The normalized spacial score (nSPS) is 23.3. The highest BCUT2D eigenvalue weighted by Gasteiger charge is 2.37. The average molecular weight is 212 g/mol. The van der Waals surface area contributed by atoms with Gasteiger partial charge >= 0.3 is 0 Å². The van der Waals surface area contributed by atoms with Crippen molar-refractivity contribution in [3.05, 3.63) is 0 Å². The molecule has 0 rings (SSSR count). The first kappa shape index (κ1) is 10.3. The molecule has 0 aliphatic carbocycles. The fourth-order valence-electron chi connectivity index (χ4n) is 0.840. The smallest absolute Gasteiger partial charge is 0.111 e. The van der Waals surface area contributed by atoms with E-state index in [1.54, 1.807) is 0 Å². The van der Waals surface area contributed by atoms with Crippen LogP contribution in [0.3, 0.4) is 0 Å². The van der Waals surface area contributed by atoms with Crippen molar-refractivity contribution in [2.75, 3.05) is 6.61 Å². The number of aliphatic hydroxyl groups is 6. The first-order valence-electron chi connectivity index (χ1n) is 5.39. The lowest BCUT2D eigenvalue weighted by Crippen LogP contribution is -2.53. The van der Waals surface area contributed by atoms with E-state index in [4.69, 9.17) is 13.0 Å². The van der Waals surface area contributed by atoms with E-state index < -0.39 is 50.4 Å². The summed E-state index contributed by atoms with van der Waals surface area (Å²) in [6.07, 6.45) is -7.46. The SMILES string of the molecule is [2H]CC(O)(C[2H])[C@@H](O)[C@@H](O)[C@H](O)[C@H](O)CO. The number of rotatable bonds is 5. The minimum atomic E-state index is -2.18. The molecular formula is C8H18O6. The van der Waals surface area contributed by atoms with Crippen molar-refractivity contribution < 1.29 is 33.4 Å². The average Bonchev–Trinajstić information content (AvgIpc) is 2.33. The minimum absolute atomic E-state index is 0.739. The first-order valence-corrected chi connectivity index (χ1v) is 3.98. The van der Waals surface area contributed by atoms with Crippen molar-refractivity contribution in [1.82, 2.24) is 0 Å². The zero-order chi connectivity index (χ0) is 12.9. The molecule has 6 heteroatoms. The van der Waals surface area contributed by atoms with Crippen LogP contribution in [0, 0.1) is 0 Å². The summed E-state index contributed by atoms with van der Waals surface area (Å²) in [5, 5.41) is 55.2. The highest BCUT2D eigenvalue weighted by molar-refractivity contribution is 4.88. The van der Waals surface area contributed by atoms with Crippen LogP contribution >= 0.6 is 0 Å². The second-order valence-corrected chi connectivity index (χ2v) is 3.28. The molecule has 0 aliphatic rings. The molecule has 14 heavy (non-hydrogen) atoms. The molecule has 0 aromatic carbocycles. The molecule has 0 saturated carbocycles. The lowest BCUT2D eigenvalue weighted by Gasteiger charge is -2.32. The van der Waals surface area contributed by atoms with E-state index in [2.05, 4.69) is 0 Å². The molecule has 6 N–H and O–H groups in total. The third-order valence-electron chi connectivity index (χ3n) is 1.81. The molecule has 4 atom stereocenters. The van der Waals surface area contributed by atoms with Gasteiger partial charge in [-0.15, -0.1) is 0 Å². The molecule has 0 aromatic rings. The quantitative estimate of drug-likeness (QED) is 0.292. The summed E-state index contributed by atoms with van der Waals surface area (Å²) in [6, 6.07) is 0. The van der Waals surface area contributed by atoms with E-state index in [0.717, 1.165) is 0 Å². The van der Waals surface area contributed by atoms with Gasteiger partial charge < -0.3 is 30.6 Å². The Morgan fingerprint density at radius 3 is 2.00 bits per heavy atom. The second-order valence-electron chi connectivity index (χ2n) is 3.28. The highest BCUT2D eigenvalue weighted by atomic mass is 16.4. The van der Waals surface area contributed by atoms with E-state index in [1.165, 1.54) is 0 Å². The molecular weight excluding hydrogens is 192 g/mol. The van der Waals surface area contributed by atoms with Crippen LogP contribution < -0.4 is 0 Å². The van der Waals surface area contributed by atoms with E-state index in [0.29, 0.717) is 0 Å². The van der Waals surface area contributed by atoms with Crippen LogP contribution in [0.15, 0.2) is 0 Å². The molecule has 86 valence electrons. The molecule has 6 nitrogen and oxygen atoms in total. The lowest BCUT2D eigenvalue weighted by atomic mass is 9.92. The summed E-state index contributed by atoms with van der Waals surface area (Å²) < 4.78 is 13.9. The predicted octanol–water partition coefficient (Wildman–Crippen LogP) is -2.81. The molecule has 0 unspecified atom stereocenters. The van der Waals surface area contributed by atoms with Gasteiger partial charge in [-0.05, 0) is 13.8 Å². The molecule has 0 spiro atoms. The van der Waals surface area contributed by atoms with Crippen molar-refractivity contribution in [2.45, 2.75) is 43.8 Å². The van der Waals surface area contributed by atoms with Gasteiger partial charge in [-0.2, -0.15) is 0 Å². The Hall–Kier alpha value is -0.240. The van der Waals surface area contributed by atoms with Gasteiger partial charge in [-0.3, -0.25) is 0 Å². The third-order valence-corrected chi connectivity index (χ3v) is 1.81. The van der Waals surface area contributed by atoms with E-state index >= 15 is 0 Å². The van der Waals surface area contributed by atoms with Crippen LogP contribution in [0.1, 0.15) is 16.5 Å². The Balaban J connectivity index is 4.64. The maximum atomic E-state index is 9.53. The van der Waals surface area contributed by atoms with Crippen molar-refractivity contribution in [1.29, 1.82) is 0 Å². The van der Waals surface area contributed by atoms with E-state index in [-0.39, 0.29) is 0 Å². The van der Waals surface area contributed by atoms with Gasteiger partial charge in [-0.1, -0.05) is 0 Å². The Morgan fingerprint density at radius 1 is 1.14 bits per heavy atom. The standard InChI is InChI=1S/C8H18O6/c1-8(2,14)7(13)6(12)5(11)4(10)3-9/h4-7,9-14H,3H2,1-2H3/t4-,5-,6+,7+/m1/s1/i1D,2D. The largest absolute Gasteiger partial charge is 0.394 e. The van der Waals surface area contributed by atoms with Gasteiger partial charge in [-0.25, -0.2) is 0 Å². The zero-order valence-electron chi connectivity index (χ0n) is 9.61. The van der Waals surface area contributed by atoms with Crippen LogP contribution in [-0.2, 0) is 0 Å². The summed E-state index contributed by atoms with van der Waals surface area (Å²) >= 11 is 0. The molecule has 0 heterocycles. The van der Waals surface area contributed by atoms with Crippen LogP contribution in [-0.4, -0.2) is 67.3 Å². The van der Waals surface area contributed by atoms with Crippen LogP contribution in [0.5, 0.6) is 0 Å². The summed E-state index contributed by atoms with van der Waals surface area (Å²) in [6.45, 7) is -2.31. The molecule has 0 fully saturated rings. The summed E-state index contributed by atoms with van der Waals surface area (Å²) in [4.78, 5) is 0. The zero-order valence-corrected chi connectivity index (χ0v) is 7.61. The number of aliphatic hydroxyl groups excluding tert-OH is 5. The maximum absolute atomic E-state index is 9.53. The highest BCUT2D eigenvalue weighted by Crippen LogP contribution is 2.15. The van der Waals surface area contributed by atoms with Crippen LogP contribution in [0.25, 0.3) is 0 Å². The van der Waals surface area contributed by atoms with Crippen molar-refractivity contribution in [2.24, 2.45) is 0 Å². The minimum Gasteiger partial charge on any atom is -0.394 e. The molecule has 0 aliphatic heterocycles. The van der Waals surface area contributed by atoms with E-state index in [1.807, 2.05) is 0 Å². The van der Waals surface area contributed by atoms with Crippen molar-refractivity contribution in [3.8, 4) is 0 Å². The molecule has 0 amide bonds. The Labute approximate surface area is 84.9 Å². The van der Waals surface area contributed by atoms with Gasteiger partial charge in [0.2, 0.25) is 0 Å². The Bertz CT molecular complexity index is 201. The lowest BCUT2D eigenvalue weighted by molar-refractivity contribution is -0.162. The second kappa shape index (κ2) is 5.01. The summed E-state index contributed by atoms with van der Waals surface area (Å²) in [7, 11) is 0. The number of hydrogen-bond acceptors (Lipinski definition) is 6. The molecule has 0 aromatic heterocycles. The molecule has 0 radical (unpaired) electrons. The summed E-state index contributed by atoms with van der Waals surface area (Å²) in [5.74, 6) is 0. The Morgan fingerprint density at radius 2 is 1.64 bits per heavy atom. The van der Waals surface area contributed by atoms with Gasteiger partial charge in [0.25, 0.3) is 0 Å². The van der Waals surface area contributed by atoms with Crippen molar-refractivity contribution in [3.63, 3.8) is 0 Å². The topological polar surface area (TPSA) is 121 Å². The summed E-state index contributed by atoms with van der Waals surface area (Å²) in [5.41, 5.74) is -2.18. The van der Waals surface area contributed by atoms with Gasteiger partial charge in [0.05, 0.1) is 12.2 Å². The fraction of sp³-hybridized carbons (Fsp3) is 1.00. The van der Waals surface area contributed by atoms with Gasteiger partial charge in [0.15, 0.2) is 0 Å². The van der Waals surface area contributed by atoms with Gasteiger partial charge in [0, 0.05) is 2.74 Å². The third kappa shape index (κ3) is 3.49. The van der Waals surface area contributed by atoms with Crippen LogP contribution in [0.4, 0.5) is 0 Å². The van der Waals surface area contributed by atoms with Gasteiger partial charge in [0.1, 0.15) is 24.4 Å². The maximum Gasteiger partial charge on any atom is 0.111 e. The van der Waals surface area contributed by atoms with E-state index in [9.17, 15) is 20.4 Å². The fourth-order valence-corrected chi connectivity index (χ4v) is 0.840. The predicted molar refractivity (Wildman–Crippen MR) is 47.4 cm³/mol. The Kier molecular flexibility index (Phi) is 3.68. The first-order chi connectivity index (χ1) is 7.33. The number of hydrogen-bond donors (Lipinski definition) is 6. The monoisotopic (exact) mass is 212 g/mol. The van der Waals surface area contributed by atoms with Crippen molar-refractivity contribution >= 4 is 0 Å².